The predicted molar refractivity (Wildman–Crippen MR) is 70.9 cm³/mol. The van der Waals surface area contributed by atoms with Crippen molar-refractivity contribution in [3.05, 3.63) is 0 Å². The summed E-state index contributed by atoms with van der Waals surface area (Å²) in [4.78, 5) is 13.8. The van der Waals surface area contributed by atoms with Gasteiger partial charge in [-0.15, -0.1) is 0 Å². The van der Waals surface area contributed by atoms with Crippen LogP contribution in [0, 0.1) is 5.92 Å². The summed E-state index contributed by atoms with van der Waals surface area (Å²) in [5.41, 5.74) is 0. The maximum atomic E-state index is 11.7. The van der Waals surface area contributed by atoms with Gasteiger partial charge in [0.1, 0.15) is 0 Å². The number of aliphatic hydroxyl groups excluding tert-OH is 1. The Hall–Kier alpha value is -0.610. The van der Waals surface area contributed by atoms with Gasteiger partial charge < -0.3 is 15.3 Å². The van der Waals surface area contributed by atoms with Crippen molar-refractivity contribution in [3.63, 3.8) is 0 Å². The van der Waals surface area contributed by atoms with Crippen LogP contribution in [0.2, 0.25) is 0 Å². The normalized spacial score (nSPS) is 13.1. The molecule has 0 aromatic carbocycles. The summed E-state index contributed by atoms with van der Waals surface area (Å²) >= 11 is 0. The SMILES string of the molecule is CC(C)CC(CN(C)C)NC(=O)CCCCO. The summed E-state index contributed by atoms with van der Waals surface area (Å²) in [5.74, 6) is 0.684. The van der Waals surface area contributed by atoms with Gasteiger partial charge in [-0.3, -0.25) is 4.79 Å². The van der Waals surface area contributed by atoms with Gasteiger partial charge in [0.25, 0.3) is 0 Å². The fourth-order valence-corrected chi connectivity index (χ4v) is 1.89. The second kappa shape index (κ2) is 9.42. The Bertz CT molecular complexity index is 196. The molecule has 1 atom stereocenters. The minimum absolute atomic E-state index is 0.103. The van der Waals surface area contributed by atoms with E-state index in [9.17, 15) is 4.79 Å². The molecule has 0 aliphatic carbocycles. The van der Waals surface area contributed by atoms with Crippen molar-refractivity contribution < 1.29 is 9.90 Å². The Morgan fingerprint density at radius 3 is 2.41 bits per heavy atom. The van der Waals surface area contributed by atoms with Crippen molar-refractivity contribution in [2.45, 2.75) is 45.6 Å². The fourth-order valence-electron chi connectivity index (χ4n) is 1.89. The predicted octanol–water partition coefficient (Wildman–Crippen LogP) is 1.24. The van der Waals surface area contributed by atoms with Gasteiger partial charge in [0.05, 0.1) is 0 Å². The molecule has 0 aliphatic heterocycles. The molecule has 1 amide bonds. The Morgan fingerprint density at radius 2 is 1.94 bits per heavy atom. The zero-order chi connectivity index (χ0) is 13.3. The molecule has 0 spiro atoms. The highest BCUT2D eigenvalue weighted by Crippen LogP contribution is 2.06. The van der Waals surface area contributed by atoms with E-state index in [2.05, 4.69) is 24.1 Å². The Labute approximate surface area is 105 Å². The second-order valence-electron chi connectivity index (χ2n) is 5.34. The lowest BCUT2D eigenvalue weighted by Crippen LogP contribution is -2.42. The molecule has 0 aliphatic rings. The second-order valence-corrected chi connectivity index (χ2v) is 5.34. The van der Waals surface area contributed by atoms with Crippen LogP contribution in [0.25, 0.3) is 0 Å². The monoisotopic (exact) mass is 244 g/mol. The summed E-state index contributed by atoms with van der Waals surface area (Å²) in [7, 11) is 4.04. The molecule has 4 heteroatoms. The van der Waals surface area contributed by atoms with E-state index in [0.29, 0.717) is 18.8 Å². The Balaban J connectivity index is 3.99. The van der Waals surface area contributed by atoms with E-state index in [1.54, 1.807) is 0 Å². The van der Waals surface area contributed by atoms with Crippen LogP contribution in [0.15, 0.2) is 0 Å². The van der Waals surface area contributed by atoms with Crippen molar-refractivity contribution in [2.75, 3.05) is 27.2 Å². The quantitative estimate of drug-likeness (QED) is 0.600. The number of rotatable bonds is 9. The molecule has 4 nitrogen and oxygen atoms in total. The smallest absolute Gasteiger partial charge is 0.220 e. The van der Waals surface area contributed by atoms with E-state index in [1.807, 2.05) is 14.1 Å². The van der Waals surface area contributed by atoms with Gasteiger partial charge in [0, 0.05) is 25.6 Å². The number of amides is 1. The van der Waals surface area contributed by atoms with Gasteiger partial charge in [-0.25, -0.2) is 0 Å². The van der Waals surface area contributed by atoms with Gasteiger partial charge in [-0.05, 0) is 39.3 Å². The average Bonchev–Trinajstić information content (AvgIpc) is 2.15. The lowest BCUT2D eigenvalue weighted by atomic mass is 10.0. The Kier molecular flexibility index (Phi) is 9.09. The summed E-state index contributed by atoms with van der Waals surface area (Å²) in [5, 5.41) is 11.7. The van der Waals surface area contributed by atoms with Crippen LogP contribution < -0.4 is 5.32 Å². The summed E-state index contributed by atoms with van der Waals surface area (Å²) < 4.78 is 0. The van der Waals surface area contributed by atoms with E-state index in [4.69, 9.17) is 5.11 Å². The molecule has 0 aromatic heterocycles. The van der Waals surface area contributed by atoms with E-state index in [1.165, 1.54) is 0 Å². The van der Waals surface area contributed by atoms with Crippen molar-refractivity contribution in [1.29, 1.82) is 0 Å². The molecule has 0 heterocycles. The molecule has 0 saturated carbocycles. The van der Waals surface area contributed by atoms with Crippen LogP contribution in [0.3, 0.4) is 0 Å². The van der Waals surface area contributed by atoms with E-state index < -0.39 is 0 Å². The number of likely N-dealkylation sites (N-methyl/N-ethyl adjacent to an activating group) is 1. The molecular formula is C13H28N2O2. The minimum Gasteiger partial charge on any atom is -0.396 e. The van der Waals surface area contributed by atoms with Gasteiger partial charge in [-0.1, -0.05) is 13.8 Å². The number of nitrogens with zero attached hydrogens (tertiary/aromatic N) is 1. The van der Waals surface area contributed by atoms with E-state index in [0.717, 1.165) is 19.4 Å². The molecule has 102 valence electrons. The number of nitrogens with one attached hydrogen (secondary N) is 1. The minimum atomic E-state index is 0.103. The first kappa shape index (κ1) is 16.4. The van der Waals surface area contributed by atoms with Crippen molar-refractivity contribution in [1.82, 2.24) is 10.2 Å². The molecule has 2 N–H and O–H groups in total. The van der Waals surface area contributed by atoms with E-state index in [-0.39, 0.29) is 18.6 Å². The van der Waals surface area contributed by atoms with Gasteiger partial charge in [0.2, 0.25) is 5.91 Å². The topological polar surface area (TPSA) is 52.6 Å². The Morgan fingerprint density at radius 1 is 1.29 bits per heavy atom. The molecule has 17 heavy (non-hydrogen) atoms. The maximum Gasteiger partial charge on any atom is 0.220 e. The highest BCUT2D eigenvalue weighted by molar-refractivity contribution is 5.76. The molecule has 1 unspecified atom stereocenters. The summed E-state index contributed by atoms with van der Waals surface area (Å²) in [6.45, 7) is 5.38. The zero-order valence-corrected chi connectivity index (χ0v) is 11.7. The number of unbranched alkanes of at least 4 members (excludes halogenated alkanes) is 1. The van der Waals surface area contributed by atoms with Crippen LogP contribution in [-0.4, -0.2) is 49.2 Å². The third-order valence-electron chi connectivity index (χ3n) is 2.52. The van der Waals surface area contributed by atoms with Crippen molar-refractivity contribution in [2.24, 2.45) is 5.92 Å². The third kappa shape index (κ3) is 10.3. The average molecular weight is 244 g/mol. The molecule has 0 radical (unpaired) electrons. The number of carbonyl (C=O) groups excluding carboxylic acids is 1. The van der Waals surface area contributed by atoms with E-state index >= 15 is 0 Å². The van der Waals surface area contributed by atoms with Crippen LogP contribution in [0.4, 0.5) is 0 Å². The van der Waals surface area contributed by atoms with Crippen LogP contribution >= 0.6 is 0 Å². The summed E-state index contributed by atoms with van der Waals surface area (Å²) in [6.07, 6.45) is 2.99. The zero-order valence-electron chi connectivity index (χ0n) is 11.7. The lowest BCUT2D eigenvalue weighted by molar-refractivity contribution is -0.122. The van der Waals surface area contributed by atoms with Crippen molar-refractivity contribution in [3.8, 4) is 0 Å². The van der Waals surface area contributed by atoms with Gasteiger partial charge in [0.15, 0.2) is 0 Å². The standard InChI is InChI=1S/C13H28N2O2/c1-11(2)9-12(10-15(3)4)14-13(17)7-5-6-8-16/h11-12,16H,5-10H2,1-4H3,(H,14,17). The number of hydrogen-bond acceptors (Lipinski definition) is 3. The lowest BCUT2D eigenvalue weighted by Gasteiger charge is -2.24. The molecule has 0 bridgehead atoms. The molecule has 0 aromatic rings. The molecule has 0 rings (SSSR count). The highest BCUT2D eigenvalue weighted by Gasteiger charge is 2.14. The first-order chi connectivity index (χ1) is 7.95. The third-order valence-corrected chi connectivity index (χ3v) is 2.52. The van der Waals surface area contributed by atoms with Crippen molar-refractivity contribution >= 4 is 5.91 Å². The molecular weight excluding hydrogens is 216 g/mol. The molecule has 0 saturated heterocycles. The van der Waals surface area contributed by atoms with Crippen LogP contribution in [0.1, 0.15) is 39.5 Å². The largest absolute Gasteiger partial charge is 0.396 e. The number of carbonyl (C=O) groups is 1. The first-order valence-corrected chi connectivity index (χ1v) is 6.50. The number of aliphatic hydroxyl groups is 1. The molecule has 0 fully saturated rings. The van der Waals surface area contributed by atoms with Crippen LogP contribution in [-0.2, 0) is 4.79 Å². The van der Waals surface area contributed by atoms with Gasteiger partial charge >= 0.3 is 0 Å². The summed E-state index contributed by atoms with van der Waals surface area (Å²) in [6, 6.07) is 0.228. The van der Waals surface area contributed by atoms with Gasteiger partial charge in [-0.2, -0.15) is 0 Å². The number of hydrogen-bond donors (Lipinski definition) is 2. The fraction of sp³-hybridized carbons (Fsp3) is 0.923. The maximum absolute atomic E-state index is 11.7. The highest BCUT2D eigenvalue weighted by atomic mass is 16.2. The van der Waals surface area contributed by atoms with Crippen LogP contribution in [0.5, 0.6) is 0 Å². The first-order valence-electron chi connectivity index (χ1n) is 6.50.